The van der Waals surface area contributed by atoms with Crippen molar-refractivity contribution in [3.8, 4) is 0 Å². The van der Waals surface area contributed by atoms with E-state index in [1.807, 2.05) is 4.90 Å². The largest absolute Gasteiger partial charge is 0.336 e. The molecular weight excluding hydrogens is 184 g/mol. The molecule has 1 aromatic rings. The predicted octanol–water partition coefficient (Wildman–Crippen LogP) is 1.58. The van der Waals surface area contributed by atoms with Crippen LogP contribution in [0.5, 0.6) is 0 Å². The number of carbonyl (C=O) groups excluding carboxylic acids is 1. The highest BCUT2D eigenvalue weighted by molar-refractivity contribution is 7.10. The number of urea groups is 1. The molecule has 0 spiro atoms. The lowest BCUT2D eigenvalue weighted by molar-refractivity contribution is 0.215. The highest BCUT2D eigenvalue weighted by Gasteiger charge is 2.19. The lowest BCUT2D eigenvalue weighted by Gasteiger charge is -2.12. The Morgan fingerprint density at radius 2 is 2.54 bits per heavy atom. The smallest absolute Gasteiger partial charge is 0.317 e. The molecule has 4 heteroatoms. The maximum atomic E-state index is 11.2. The van der Waals surface area contributed by atoms with Gasteiger partial charge in [0.25, 0.3) is 0 Å². The van der Waals surface area contributed by atoms with Crippen LogP contribution in [-0.2, 0) is 6.54 Å². The van der Waals surface area contributed by atoms with Gasteiger partial charge < -0.3 is 10.2 Å². The summed E-state index contributed by atoms with van der Waals surface area (Å²) in [4.78, 5) is 14.3. The zero-order valence-electron chi connectivity index (χ0n) is 7.54. The van der Waals surface area contributed by atoms with E-state index in [0.29, 0.717) is 0 Å². The quantitative estimate of drug-likeness (QED) is 0.765. The number of hydrogen-bond acceptors (Lipinski definition) is 2. The first-order valence-corrected chi connectivity index (χ1v) is 5.20. The number of nitrogens with one attached hydrogen (secondary N) is 1. The van der Waals surface area contributed by atoms with Gasteiger partial charge in [0.05, 0.1) is 0 Å². The molecule has 0 saturated carbocycles. The third-order valence-electron chi connectivity index (χ3n) is 2.10. The topological polar surface area (TPSA) is 32.3 Å². The van der Waals surface area contributed by atoms with Crippen molar-refractivity contribution < 1.29 is 4.79 Å². The molecule has 1 N–H and O–H groups in total. The first kappa shape index (κ1) is 8.56. The Balaban J connectivity index is 2.01. The predicted molar refractivity (Wildman–Crippen MR) is 52.9 cm³/mol. The Morgan fingerprint density at radius 1 is 1.69 bits per heavy atom. The molecule has 0 bridgehead atoms. The number of nitrogens with zero attached hydrogens (tertiary/aromatic N) is 1. The maximum Gasteiger partial charge on any atom is 0.317 e. The van der Waals surface area contributed by atoms with Crippen molar-refractivity contribution >= 4 is 17.4 Å². The van der Waals surface area contributed by atoms with E-state index in [1.54, 1.807) is 11.3 Å². The fraction of sp³-hybridized carbons (Fsp3) is 0.444. The zero-order valence-corrected chi connectivity index (χ0v) is 8.36. The third kappa shape index (κ3) is 1.83. The van der Waals surface area contributed by atoms with E-state index in [-0.39, 0.29) is 6.03 Å². The standard InChI is InChI=1S/C9H12N2OS/c1-7-4-8(6-13-7)5-11-3-2-10-9(11)12/h4,6H,2-3,5H2,1H3,(H,10,12). The second-order valence-corrected chi connectivity index (χ2v) is 4.33. The zero-order chi connectivity index (χ0) is 9.26. The number of hydrogen-bond donors (Lipinski definition) is 1. The van der Waals surface area contributed by atoms with Crippen LogP contribution in [0.3, 0.4) is 0 Å². The van der Waals surface area contributed by atoms with Gasteiger partial charge >= 0.3 is 6.03 Å². The van der Waals surface area contributed by atoms with Gasteiger partial charge in [0.15, 0.2) is 0 Å². The number of thiophene rings is 1. The van der Waals surface area contributed by atoms with Crippen LogP contribution in [0.4, 0.5) is 4.79 Å². The van der Waals surface area contributed by atoms with Gasteiger partial charge in [0.2, 0.25) is 0 Å². The minimum atomic E-state index is 0.0591. The van der Waals surface area contributed by atoms with Crippen LogP contribution in [0.15, 0.2) is 11.4 Å². The lowest BCUT2D eigenvalue weighted by Crippen LogP contribution is -2.27. The molecule has 70 valence electrons. The summed E-state index contributed by atoms with van der Waals surface area (Å²) in [5, 5.41) is 4.90. The van der Waals surface area contributed by atoms with Gasteiger partial charge in [0.1, 0.15) is 0 Å². The minimum absolute atomic E-state index is 0.0591. The van der Waals surface area contributed by atoms with Gasteiger partial charge in [-0.1, -0.05) is 0 Å². The summed E-state index contributed by atoms with van der Waals surface area (Å²) < 4.78 is 0. The van der Waals surface area contributed by atoms with Crippen LogP contribution in [0.25, 0.3) is 0 Å². The second-order valence-electron chi connectivity index (χ2n) is 3.22. The molecule has 0 unspecified atom stereocenters. The molecule has 13 heavy (non-hydrogen) atoms. The highest BCUT2D eigenvalue weighted by atomic mass is 32.1. The van der Waals surface area contributed by atoms with Crippen molar-refractivity contribution in [2.24, 2.45) is 0 Å². The Kier molecular flexibility index (Phi) is 2.22. The van der Waals surface area contributed by atoms with Crippen LogP contribution in [-0.4, -0.2) is 24.0 Å². The van der Waals surface area contributed by atoms with Gasteiger partial charge in [-0.2, -0.15) is 0 Å². The Hall–Kier alpha value is -1.03. The Morgan fingerprint density at radius 3 is 3.08 bits per heavy atom. The van der Waals surface area contributed by atoms with E-state index in [2.05, 4.69) is 23.7 Å². The molecule has 0 radical (unpaired) electrons. The van der Waals surface area contributed by atoms with Crippen LogP contribution >= 0.6 is 11.3 Å². The van der Waals surface area contributed by atoms with Gasteiger partial charge in [-0.3, -0.25) is 0 Å². The second kappa shape index (κ2) is 3.38. The monoisotopic (exact) mass is 196 g/mol. The van der Waals surface area contributed by atoms with Crippen molar-refractivity contribution in [2.45, 2.75) is 13.5 Å². The van der Waals surface area contributed by atoms with Crippen LogP contribution in [0, 0.1) is 6.92 Å². The molecule has 1 saturated heterocycles. The summed E-state index contributed by atoms with van der Waals surface area (Å²) >= 11 is 1.73. The lowest BCUT2D eigenvalue weighted by atomic mass is 10.3. The molecule has 1 fully saturated rings. The van der Waals surface area contributed by atoms with Gasteiger partial charge in [-0.25, -0.2) is 4.79 Å². The molecule has 1 aliphatic rings. The molecule has 0 atom stereocenters. The van der Waals surface area contributed by atoms with E-state index in [9.17, 15) is 4.79 Å². The molecule has 2 rings (SSSR count). The number of carbonyl (C=O) groups is 1. The van der Waals surface area contributed by atoms with E-state index >= 15 is 0 Å². The Labute approximate surface area is 81.4 Å². The number of rotatable bonds is 2. The van der Waals surface area contributed by atoms with Crippen LogP contribution < -0.4 is 5.32 Å². The first-order chi connectivity index (χ1) is 6.25. The molecule has 1 aliphatic heterocycles. The van der Waals surface area contributed by atoms with E-state index in [0.717, 1.165) is 19.6 Å². The summed E-state index contributed by atoms with van der Waals surface area (Å²) in [7, 11) is 0. The summed E-state index contributed by atoms with van der Waals surface area (Å²) in [6.45, 7) is 4.43. The SMILES string of the molecule is Cc1cc(CN2CCNC2=O)cs1. The molecule has 2 heterocycles. The number of aryl methyl sites for hydroxylation is 1. The highest BCUT2D eigenvalue weighted by Crippen LogP contribution is 2.15. The first-order valence-electron chi connectivity index (χ1n) is 4.32. The molecule has 0 aromatic carbocycles. The van der Waals surface area contributed by atoms with Gasteiger partial charge in [0, 0.05) is 24.5 Å². The average Bonchev–Trinajstić information content (AvgIpc) is 2.64. The minimum Gasteiger partial charge on any atom is -0.336 e. The van der Waals surface area contributed by atoms with E-state index < -0.39 is 0 Å². The summed E-state index contributed by atoms with van der Waals surface area (Å²) in [5.74, 6) is 0. The summed E-state index contributed by atoms with van der Waals surface area (Å²) in [6.07, 6.45) is 0. The van der Waals surface area contributed by atoms with Crippen molar-refractivity contribution in [3.63, 3.8) is 0 Å². The van der Waals surface area contributed by atoms with Crippen LogP contribution in [0.1, 0.15) is 10.4 Å². The molecular formula is C9H12N2OS. The van der Waals surface area contributed by atoms with Crippen molar-refractivity contribution in [1.82, 2.24) is 10.2 Å². The molecule has 1 aromatic heterocycles. The molecule has 0 aliphatic carbocycles. The third-order valence-corrected chi connectivity index (χ3v) is 3.01. The fourth-order valence-electron chi connectivity index (χ4n) is 1.46. The fourth-order valence-corrected chi connectivity index (χ4v) is 2.16. The van der Waals surface area contributed by atoms with E-state index in [1.165, 1.54) is 10.4 Å². The van der Waals surface area contributed by atoms with Crippen LogP contribution in [0.2, 0.25) is 0 Å². The Bertz CT molecular complexity index is 321. The van der Waals surface area contributed by atoms with Gasteiger partial charge in [-0.05, 0) is 23.9 Å². The normalized spacial score (nSPS) is 16.4. The maximum absolute atomic E-state index is 11.2. The molecule has 2 amide bonds. The van der Waals surface area contributed by atoms with Crippen molar-refractivity contribution in [3.05, 3.63) is 21.9 Å². The van der Waals surface area contributed by atoms with Crippen molar-refractivity contribution in [1.29, 1.82) is 0 Å². The van der Waals surface area contributed by atoms with Crippen molar-refractivity contribution in [2.75, 3.05) is 13.1 Å². The number of amides is 2. The van der Waals surface area contributed by atoms with Gasteiger partial charge in [-0.15, -0.1) is 11.3 Å². The van der Waals surface area contributed by atoms with E-state index in [4.69, 9.17) is 0 Å². The molecule has 3 nitrogen and oxygen atoms in total. The summed E-state index contributed by atoms with van der Waals surface area (Å²) in [6, 6.07) is 2.19. The summed E-state index contributed by atoms with van der Waals surface area (Å²) in [5.41, 5.74) is 1.24. The average molecular weight is 196 g/mol.